The molecule has 1 N–H and O–H groups in total. The Balaban J connectivity index is 1.62. The Labute approximate surface area is 124 Å². The molecule has 4 aliphatic rings. The van der Waals surface area contributed by atoms with Crippen molar-refractivity contribution >= 4 is 0 Å². The van der Waals surface area contributed by atoms with E-state index in [9.17, 15) is 5.11 Å². The second-order valence-corrected chi connectivity index (χ2v) is 9.17. The van der Waals surface area contributed by atoms with Gasteiger partial charge in [-0.2, -0.15) is 0 Å². The maximum atomic E-state index is 10.0. The van der Waals surface area contributed by atoms with Crippen molar-refractivity contribution in [3.8, 4) is 0 Å². The minimum atomic E-state index is 0.00459. The van der Waals surface area contributed by atoms with Crippen molar-refractivity contribution in [1.29, 1.82) is 0 Å². The fourth-order valence-electron chi connectivity index (χ4n) is 7.23. The lowest BCUT2D eigenvalue weighted by molar-refractivity contribution is -0.120. The van der Waals surface area contributed by atoms with Crippen LogP contribution >= 0.6 is 0 Å². The van der Waals surface area contributed by atoms with E-state index in [0.29, 0.717) is 10.8 Å². The van der Waals surface area contributed by atoms with E-state index in [1.54, 1.807) is 0 Å². The number of hydrogen-bond acceptors (Lipinski definition) is 1. The highest BCUT2D eigenvalue weighted by Crippen LogP contribution is 2.66. The number of rotatable bonds is 0. The Morgan fingerprint density at radius 1 is 0.850 bits per heavy atom. The molecule has 1 nitrogen and oxygen atoms in total. The van der Waals surface area contributed by atoms with Gasteiger partial charge in [0, 0.05) is 0 Å². The predicted octanol–water partition coefficient (Wildman–Crippen LogP) is 4.78. The molecule has 1 heteroatoms. The van der Waals surface area contributed by atoms with Gasteiger partial charge in [-0.3, -0.25) is 0 Å². The van der Waals surface area contributed by atoms with Gasteiger partial charge in [-0.25, -0.2) is 0 Å². The standard InChI is InChI=1S/C19H32O/c1-18-9-3-4-16(18)15-6-5-13-12-14(20)7-11-19(13,2)17(15)8-10-18/h13-17,20H,3-12H2,1-2H3/t13-,14-,15+,16-,17-,18+,19+/m1/s1. The van der Waals surface area contributed by atoms with E-state index in [0.717, 1.165) is 36.5 Å². The molecular weight excluding hydrogens is 244 g/mol. The summed E-state index contributed by atoms with van der Waals surface area (Å²) < 4.78 is 0. The molecule has 0 heterocycles. The maximum absolute atomic E-state index is 10.0. The highest BCUT2D eigenvalue weighted by molar-refractivity contribution is 5.07. The fraction of sp³-hybridized carbons (Fsp3) is 1.00. The zero-order valence-corrected chi connectivity index (χ0v) is 13.4. The molecule has 0 amide bonds. The first-order valence-electron chi connectivity index (χ1n) is 9.21. The van der Waals surface area contributed by atoms with E-state index >= 15 is 0 Å². The summed E-state index contributed by atoms with van der Waals surface area (Å²) in [5.74, 6) is 3.85. The van der Waals surface area contributed by atoms with Crippen LogP contribution in [0.2, 0.25) is 0 Å². The molecule has 0 aromatic carbocycles. The summed E-state index contributed by atoms with van der Waals surface area (Å²) in [5.41, 5.74) is 1.25. The molecule has 0 radical (unpaired) electrons. The van der Waals surface area contributed by atoms with Gasteiger partial charge in [-0.15, -0.1) is 0 Å². The molecule has 4 aliphatic carbocycles. The molecule has 0 saturated heterocycles. The molecule has 4 fully saturated rings. The highest BCUT2D eigenvalue weighted by Gasteiger charge is 2.57. The first-order chi connectivity index (χ1) is 9.53. The summed E-state index contributed by atoms with van der Waals surface area (Å²) >= 11 is 0. The van der Waals surface area contributed by atoms with Gasteiger partial charge < -0.3 is 5.11 Å². The monoisotopic (exact) mass is 276 g/mol. The topological polar surface area (TPSA) is 20.2 Å². The van der Waals surface area contributed by atoms with Crippen molar-refractivity contribution in [3.63, 3.8) is 0 Å². The van der Waals surface area contributed by atoms with Crippen molar-refractivity contribution in [1.82, 2.24) is 0 Å². The second kappa shape index (κ2) is 4.48. The van der Waals surface area contributed by atoms with Gasteiger partial charge in [-0.05, 0) is 92.3 Å². The molecule has 0 aromatic rings. The van der Waals surface area contributed by atoms with Crippen molar-refractivity contribution < 1.29 is 5.11 Å². The van der Waals surface area contributed by atoms with E-state index in [2.05, 4.69) is 13.8 Å². The van der Waals surface area contributed by atoms with Gasteiger partial charge in [0.15, 0.2) is 0 Å². The quantitative estimate of drug-likeness (QED) is 0.675. The minimum Gasteiger partial charge on any atom is -0.393 e. The van der Waals surface area contributed by atoms with E-state index < -0.39 is 0 Å². The van der Waals surface area contributed by atoms with Gasteiger partial charge in [0.05, 0.1) is 6.10 Å². The van der Waals surface area contributed by atoms with E-state index in [1.165, 1.54) is 51.4 Å². The van der Waals surface area contributed by atoms with Crippen LogP contribution < -0.4 is 0 Å². The fourth-order valence-corrected chi connectivity index (χ4v) is 7.23. The predicted molar refractivity (Wildman–Crippen MR) is 82.4 cm³/mol. The number of fused-ring (bicyclic) bond motifs is 5. The van der Waals surface area contributed by atoms with Crippen LogP contribution in [0.15, 0.2) is 0 Å². The third-order valence-corrected chi connectivity index (χ3v) is 8.42. The van der Waals surface area contributed by atoms with Crippen molar-refractivity contribution in [2.24, 2.45) is 34.5 Å². The second-order valence-electron chi connectivity index (χ2n) is 9.17. The molecule has 0 spiro atoms. The lowest BCUT2D eigenvalue weighted by Gasteiger charge is -2.60. The average Bonchev–Trinajstić information content (AvgIpc) is 2.81. The van der Waals surface area contributed by atoms with Crippen molar-refractivity contribution in [3.05, 3.63) is 0 Å². The molecule has 0 bridgehead atoms. The molecular formula is C19H32O. The Kier molecular flexibility index (Phi) is 3.05. The molecule has 0 aliphatic heterocycles. The van der Waals surface area contributed by atoms with Crippen LogP contribution in [0.3, 0.4) is 0 Å². The SMILES string of the molecule is C[C@@]12CCC[C@@H]1[C@@H]1CC[C@@H]3C[C@H](O)CC[C@]3(C)[C@@H]1CC2. The van der Waals surface area contributed by atoms with Crippen LogP contribution in [0.25, 0.3) is 0 Å². The van der Waals surface area contributed by atoms with Gasteiger partial charge >= 0.3 is 0 Å². The van der Waals surface area contributed by atoms with E-state index in [-0.39, 0.29) is 6.10 Å². The summed E-state index contributed by atoms with van der Waals surface area (Å²) in [4.78, 5) is 0. The smallest absolute Gasteiger partial charge is 0.0543 e. The lowest BCUT2D eigenvalue weighted by Crippen LogP contribution is -2.53. The van der Waals surface area contributed by atoms with Crippen LogP contribution in [-0.2, 0) is 0 Å². The van der Waals surface area contributed by atoms with Crippen LogP contribution in [0.1, 0.15) is 78.1 Å². The maximum Gasteiger partial charge on any atom is 0.0543 e. The zero-order chi connectivity index (χ0) is 14.0. The molecule has 4 rings (SSSR count). The van der Waals surface area contributed by atoms with Gasteiger partial charge in [-0.1, -0.05) is 20.3 Å². The van der Waals surface area contributed by atoms with Crippen LogP contribution in [0.4, 0.5) is 0 Å². The minimum absolute atomic E-state index is 0.00459. The average molecular weight is 276 g/mol. The highest BCUT2D eigenvalue weighted by atomic mass is 16.3. The largest absolute Gasteiger partial charge is 0.393 e. The van der Waals surface area contributed by atoms with Crippen LogP contribution in [0.5, 0.6) is 0 Å². The summed E-state index contributed by atoms with van der Waals surface area (Å²) in [6.07, 6.45) is 13.8. The summed E-state index contributed by atoms with van der Waals surface area (Å²) in [5, 5.41) is 10.0. The lowest BCUT2D eigenvalue weighted by atomic mass is 9.45. The zero-order valence-electron chi connectivity index (χ0n) is 13.4. The Morgan fingerprint density at radius 2 is 1.70 bits per heavy atom. The Bertz CT molecular complexity index is 391. The normalized spacial score (nSPS) is 58.6. The van der Waals surface area contributed by atoms with Crippen LogP contribution in [0, 0.1) is 34.5 Å². The molecule has 4 saturated carbocycles. The molecule has 20 heavy (non-hydrogen) atoms. The first kappa shape index (κ1) is 13.6. The van der Waals surface area contributed by atoms with Gasteiger partial charge in [0.1, 0.15) is 0 Å². The third-order valence-electron chi connectivity index (χ3n) is 8.42. The summed E-state index contributed by atoms with van der Waals surface area (Å²) in [7, 11) is 0. The Morgan fingerprint density at radius 3 is 2.55 bits per heavy atom. The Hall–Kier alpha value is -0.0400. The first-order valence-corrected chi connectivity index (χ1v) is 9.21. The summed E-state index contributed by atoms with van der Waals surface area (Å²) in [6, 6.07) is 0. The molecule has 7 atom stereocenters. The third kappa shape index (κ3) is 1.77. The molecule has 0 unspecified atom stereocenters. The van der Waals surface area contributed by atoms with E-state index in [4.69, 9.17) is 0 Å². The van der Waals surface area contributed by atoms with Crippen molar-refractivity contribution in [2.45, 2.75) is 84.2 Å². The summed E-state index contributed by atoms with van der Waals surface area (Å²) in [6.45, 7) is 5.19. The van der Waals surface area contributed by atoms with Gasteiger partial charge in [0.25, 0.3) is 0 Å². The molecule has 114 valence electrons. The number of hydrogen-bond donors (Lipinski definition) is 1. The van der Waals surface area contributed by atoms with Crippen molar-refractivity contribution in [2.75, 3.05) is 0 Å². The van der Waals surface area contributed by atoms with Gasteiger partial charge in [0.2, 0.25) is 0 Å². The van der Waals surface area contributed by atoms with E-state index in [1.807, 2.05) is 0 Å². The molecule has 0 aromatic heterocycles. The van der Waals surface area contributed by atoms with Crippen LogP contribution in [-0.4, -0.2) is 11.2 Å². The number of aliphatic hydroxyl groups is 1. The number of aliphatic hydroxyl groups excluding tert-OH is 1.